The Hall–Kier alpha value is -2.30. The summed E-state index contributed by atoms with van der Waals surface area (Å²) in [7, 11) is 0. The third kappa shape index (κ3) is 1.95. The van der Waals surface area contributed by atoms with E-state index in [1.165, 1.54) is 0 Å². The number of nitrogens with one attached hydrogen (secondary N) is 1. The Morgan fingerprint density at radius 2 is 2.33 bits per heavy atom. The highest BCUT2D eigenvalue weighted by atomic mass is 16.1. The van der Waals surface area contributed by atoms with Gasteiger partial charge in [-0.05, 0) is 6.92 Å². The smallest absolute Gasteiger partial charge is 0.263 e. The Morgan fingerprint density at radius 3 is 2.94 bits per heavy atom. The summed E-state index contributed by atoms with van der Waals surface area (Å²) in [6, 6.07) is 0. The fraction of sp³-hybridized carbons (Fsp3) is 0.273. The second-order valence-electron chi connectivity index (χ2n) is 3.85. The molecule has 7 heteroatoms. The van der Waals surface area contributed by atoms with Crippen molar-refractivity contribution in [2.75, 3.05) is 12.3 Å². The predicted molar refractivity (Wildman–Crippen MR) is 69.6 cm³/mol. The number of anilines is 1. The van der Waals surface area contributed by atoms with E-state index in [1.54, 1.807) is 17.7 Å². The monoisotopic (exact) mass is 246 g/mol. The molecule has 2 aromatic heterocycles. The Morgan fingerprint density at radius 1 is 1.61 bits per heavy atom. The molecule has 1 atom stereocenters. The summed E-state index contributed by atoms with van der Waals surface area (Å²) in [5.74, 6) is 5.58. The molecule has 0 aliphatic rings. The summed E-state index contributed by atoms with van der Waals surface area (Å²) in [6.07, 6.45) is 1.34. The van der Waals surface area contributed by atoms with Crippen LogP contribution in [0.1, 0.15) is 18.7 Å². The largest absolute Gasteiger partial charge is 0.369 e. The molecule has 0 saturated carbocycles. The lowest BCUT2D eigenvalue weighted by atomic mass is 10.2. The average Bonchev–Trinajstić information content (AvgIpc) is 2.65. The molecule has 94 valence electrons. The lowest BCUT2D eigenvalue weighted by molar-refractivity contribution is 0.587. The Labute approximate surface area is 103 Å². The topological polar surface area (TPSA) is 129 Å². The molecule has 0 aliphatic heterocycles. The second kappa shape index (κ2) is 4.52. The van der Waals surface area contributed by atoms with E-state index < -0.39 is 0 Å². The van der Waals surface area contributed by atoms with Crippen LogP contribution in [0.15, 0.2) is 11.0 Å². The highest BCUT2D eigenvalue weighted by Gasteiger charge is 2.14. The number of rotatable bonds is 1. The molecule has 18 heavy (non-hydrogen) atoms. The first kappa shape index (κ1) is 12.2. The van der Waals surface area contributed by atoms with Gasteiger partial charge < -0.3 is 21.8 Å². The quantitative estimate of drug-likeness (QED) is 0.484. The summed E-state index contributed by atoms with van der Waals surface area (Å²) in [4.78, 5) is 18.4. The van der Waals surface area contributed by atoms with Crippen molar-refractivity contribution in [3.8, 4) is 11.8 Å². The van der Waals surface area contributed by atoms with Crippen LogP contribution in [-0.4, -0.2) is 21.1 Å². The van der Waals surface area contributed by atoms with Gasteiger partial charge in [0, 0.05) is 6.20 Å². The molecule has 0 spiro atoms. The summed E-state index contributed by atoms with van der Waals surface area (Å²) >= 11 is 0. The van der Waals surface area contributed by atoms with Crippen molar-refractivity contribution >= 4 is 17.0 Å². The maximum Gasteiger partial charge on any atom is 0.263 e. The van der Waals surface area contributed by atoms with E-state index in [0.29, 0.717) is 16.6 Å². The third-order valence-corrected chi connectivity index (χ3v) is 2.46. The van der Waals surface area contributed by atoms with Crippen molar-refractivity contribution in [1.82, 2.24) is 14.5 Å². The van der Waals surface area contributed by atoms with Gasteiger partial charge in [0.15, 0.2) is 5.65 Å². The van der Waals surface area contributed by atoms with Gasteiger partial charge in [-0.2, -0.15) is 4.98 Å². The Balaban J connectivity index is 2.85. The van der Waals surface area contributed by atoms with Gasteiger partial charge in [0.05, 0.1) is 23.7 Å². The van der Waals surface area contributed by atoms with E-state index >= 15 is 0 Å². The number of aromatic amines is 1. The lowest BCUT2D eigenvalue weighted by Crippen LogP contribution is -2.16. The Kier molecular flexibility index (Phi) is 3.06. The maximum atomic E-state index is 11.9. The van der Waals surface area contributed by atoms with Crippen LogP contribution in [0.3, 0.4) is 0 Å². The summed E-state index contributed by atoms with van der Waals surface area (Å²) in [6.45, 7) is 1.99. The molecule has 0 saturated heterocycles. The molecular formula is C11H14N6O. The number of nitrogens with zero attached hydrogens (tertiary/aromatic N) is 2. The summed E-state index contributed by atoms with van der Waals surface area (Å²) < 4.78 is 1.65. The molecule has 1 unspecified atom stereocenters. The van der Waals surface area contributed by atoms with Crippen molar-refractivity contribution in [3.63, 3.8) is 0 Å². The normalized spacial score (nSPS) is 12.2. The number of H-pyrrole nitrogens is 1. The van der Waals surface area contributed by atoms with Crippen LogP contribution >= 0.6 is 0 Å². The average molecular weight is 246 g/mol. The van der Waals surface area contributed by atoms with Crippen LogP contribution in [0.5, 0.6) is 0 Å². The van der Waals surface area contributed by atoms with Gasteiger partial charge in [-0.25, -0.2) is 0 Å². The SMILES string of the molecule is CC(N)n1cc(C#CCN)c2c(=O)[nH]c(N)nc21. The zero-order valence-electron chi connectivity index (χ0n) is 9.90. The first-order valence-electron chi connectivity index (χ1n) is 5.39. The van der Waals surface area contributed by atoms with E-state index in [2.05, 4.69) is 21.8 Å². The molecule has 0 aromatic carbocycles. The van der Waals surface area contributed by atoms with Crippen molar-refractivity contribution < 1.29 is 0 Å². The van der Waals surface area contributed by atoms with Gasteiger partial charge in [0.2, 0.25) is 5.95 Å². The highest BCUT2D eigenvalue weighted by molar-refractivity contribution is 5.83. The molecule has 0 fully saturated rings. The minimum absolute atomic E-state index is 0.0471. The fourth-order valence-electron chi connectivity index (χ4n) is 1.72. The molecule has 7 N–H and O–H groups in total. The minimum Gasteiger partial charge on any atom is -0.369 e. The van der Waals surface area contributed by atoms with Crippen molar-refractivity contribution in [3.05, 3.63) is 22.1 Å². The fourth-order valence-corrected chi connectivity index (χ4v) is 1.72. The van der Waals surface area contributed by atoms with E-state index in [-0.39, 0.29) is 24.2 Å². The van der Waals surface area contributed by atoms with Crippen LogP contribution in [0.4, 0.5) is 5.95 Å². The molecule has 2 heterocycles. The Bertz CT molecular complexity index is 700. The van der Waals surface area contributed by atoms with E-state index in [9.17, 15) is 4.79 Å². The number of hydrogen-bond donors (Lipinski definition) is 4. The first-order chi connectivity index (χ1) is 8.54. The number of nitrogen functional groups attached to an aromatic ring is 1. The first-order valence-corrected chi connectivity index (χ1v) is 5.39. The standard InChI is InChI=1S/C11H14N6O/c1-6(13)17-5-7(3-2-4-12)8-9(17)15-11(14)16-10(8)18/h5-6H,4,12-13H2,1H3,(H3,14,15,16,18). The van der Waals surface area contributed by atoms with Gasteiger partial charge in [-0.1, -0.05) is 11.8 Å². The lowest BCUT2D eigenvalue weighted by Gasteiger charge is -2.07. The van der Waals surface area contributed by atoms with Crippen LogP contribution in [0.25, 0.3) is 11.0 Å². The van der Waals surface area contributed by atoms with Crippen molar-refractivity contribution in [1.29, 1.82) is 0 Å². The second-order valence-corrected chi connectivity index (χ2v) is 3.85. The molecule has 2 aromatic rings. The zero-order chi connectivity index (χ0) is 13.3. The molecule has 0 bridgehead atoms. The molecule has 0 radical (unpaired) electrons. The van der Waals surface area contributed by atoms with Crippen molar-refractivity contribution in [2.24, 2.45) is 11.5 Å². The van der Waals surface area contributed by atoms with Gasteiger partial charge in [0.25, 0.3) is 5.56 Å². The summed E-state index contributed by atoms with van der Waals surface area (Å²) in [5.41, 5.74) is 17.3. The van der Waals surface area contributed by atoms with Crippen LogP contribution < -0.4 is 22.8 Å². The summed E-state index contributed by atoms with van der Waals surface area (Å²) in [5, 5.41) is 0.377. The van der Waals surface area contributed by atoms with Gasteiger partial charge >= 0.3 is 0 Å². The predicted octanol–water partition coefficient (Wildman–Crippen LogP) is -0.906. The third-order valence-electron chi connectivity index (χ3n) is 2.46. The number of hydrogen-bond acceptors (Lipinski definition) is 5. The maximum absolute atomic E-state index is 11.9. The molecule has 0 amide bonds. The van der Waals surface area contributed by atoms with Gasteiger partial charge in [-0.15, -0.1) is 0 Å². The van der Waals surface area contributed by atoms with Crippen LogP contribution in [0, 0.1) is 11.8 Å². The molecule has 0 aliphatic carbocycles. The zero-order valence-corrected chi connectivity index (χ0v) is 9.90. The van der Waals surface area contributed by atoms with Gasteiger partial charge in [0.1, 0.15) is 0 Å². The van der Waals surface area contributed by atoms with E-state index in [4.69, 9.17) is 17.2 Å². The molecular weight excluding hydrogens is 232 g/mol. The molecule has 7 nitrogen and oxygen atoms in total. The van der Waals surface area contributed by atoms with Crippen LogP contribution in [-0.2, 0) is 0 Å². The van der Waals surface area contributed by atoms with E-state index in [1.807, 2.05) is 0 Å². The minimum atomic E-state index is -0.338. The number of fused-ring (bicyclic) bond motifs is 1. The van der Waals surface area contributed by atoms with Gasteiger partial charge in [-0.3, -0.25) is 9.78 Å². The van der Waals surface area contributed by atoms with Crippen molar-refractivity contribution in [2.45, 2.75) is 13.1 Å². The number of aromatic nitrogens is 3. The van der Waals surface area contributed by atoms with E-state index in [0.717, 1.165) is 0 Å². The number of nitrogens with two attached hydrogens (primary N) is 3. The van der Waals surface area contributed by atoms with Crippen LogP contribution in [0.2, 0.25) is 0 Å². The highest BCUT2D eigenvalue weighted by Crippen LogP contribution is 2.18. The molecule has 2 rings (SSSR count).